The Morgan fingerprint density at radius 3 is 1.74 bits per heavy atom. The second kappa shape index (κ2) is 10.5. The zero-order valence-corrected chi connectivity index (χ0v) is 15.9. The average molecular weight is 348 g/mol. The van der Waals surface area contributed by atoms with Crippen LogP contribution in [0.1, 0.15) is 20.3 Å². The SMILES string of the molecule is C#C/C(C)=C\C=C\C(/C=C/C=C(/C)C#C)=C1/C=C\C2=CC=CC=C(/C=C\1)C2. The number of hydrogen-bond donors (Lipinski definition) is 0. The molecule has 0 heterocycles. The van der Waals surface area contributed by atoms with Crippen molar-refractivity contribution in [1.82, 2.24) is 0 Å². The molecular formula is C27H24. The molecule has 0 nitrogen and oxygen atoms in total. The summed E-state index contributed by atoms with van der Waals surface area (Å²) in [5.41, 5.74) is 6.56. The molecule has 0 fully saturated rings. The van der Waals surface area contributed by atoms with E-state index in [1.807, 2.05) is 38.2 Å². The maximum atomic E-state index is 5.42. The quantitative estimate of drug-likeness (QED) is 0.402. The van der Waals surface area contributed by atoms with E-state index < -0.39 is 0 Å². The van der Waals surface area contributed by atoms with Crippen LogP contribution in [0, 0.1) is 24.7 Å². The van der Waals surface area contributed by atoms with Crippen LogP contribution in [0.5, 0.6) is 0 Å². The van der Waals surface area contributed by atoms with Gasteiger partial charge in [-0.2, -0.15) is 0 Å². The number of terminal acetylenes is 2. The van der Waals surface area contributed by atoms with Crippen LogP contribution in [0.4, 0.5) is 0 Å². The van der Waals surface area contributed by atoms with E-state index in [1.54, 1.807) is 0 Å². The summed E-state index contributed by atoms with van der Waals surface area (Å²) in [7, 11) is 0. The van der Waals surface area contributed by atoms with E-state index in [9.17, 15) is 0 Å². The summed E-state index contributed by atoms with van der Waals surface area (Å²) in [4.78, 5) is 0. The molecule has 0 saturated carbocycles. The second-order valence-corrected chi connectivity index (χ2v) is 6.33. The van der Waals surface area contributed by atoms with Crippen molar-refractivity contribution < 1.29 is 0 Å². The first-order chi connectivity index (χ1) is 13.1. The topological polar surface area (TPSA) is 0 Å². The van der Waals surface area contributed by atoms with Crippen molar-refractivity contribution in [2.75, 3.05) is 0 Å². The summed E-state index contributed by atoms with van der Waals surface area (Å²) in [5.74, 6) is 5.26. The lowest BCUT2D eigenvalue weighted by Gasteiger charge is -2.08. The molecule has 132 valence electrons. The molecule has 0 unspecified atom stereocenters. The van der Waals surface area contributed by atoms with Crippen molar-refractivity contribution in [1.29, 1.82) is 0 Å². The predicted octanol–water partition coefficient (Wildman–Crippen LogP) is 6.49. The number of rotatable bonds is 4. The third-order valence-corrected chi connectivity index (χ3v) is 4.13. The summed E-state index contributed by atoms with van der Waals surface area (Å²) >= 11 is 0. The molecule has 0 amide bonds. The molecule has 0 N–H and O–H groups in total. The lowest BCUT2D eigenvalue weighted by atomic mass is 9.97. The highest BCUT2D eigenvalue weighted by molar-refractivity contribution is 5.53. The third-order valence-electron chi connectivity index (χ3n) is 4.13. The lowest BCUT2D eigenvalue weighted by Crippen LogP contribution is -1.89. The summed E-state index contributed by atoms with van der Waals surface area (Å²) in [6.07, 6.45) is 40.9. The molecule has 2 aliphatic carbocycles. The molecule has 0 radical (unpaired) electrons. The van der Waals surface area contributed by atoms with Gasteiger partial charge in [0.1, 0.15) is 0 Å². The van der Waals surface area contributed by atoms with Gasteiger partial charge in [0.15, 0.2) is 0 Å². The van der Waals surface area contributed by atoms with Gasteiger partial charge in [-0.05, 0) is 53.7 Å². The van der Waals surface area contributed by atoms with E-state index in [-0.39, 0.29) is 0 Å². The Morgan fingerprint density at radius 1 is 0.815 bits per heavy atom. The molecule has 2 aliphatic rings. The molecule has 0 heteroatoms. The van der Waals surface area contributed by atoms with E-state index in [1.165, 1.54) is 11.1 Å². The van der Waals surface area contributed by atoms with E-state index in [0.29, 0.717) is 0 Å². The Labute approximate surface area is 163 Å². The van der Waals surface area contributed by atoms with Crippen LogP contribution in [-0.4, -0.2) is 0 Å². The third kappa shape index (κ3) is 6.74. The number of allylic oxidation sites excluding steroid dienone is 20. The summed E-state index contributed by atoms with van der Waals surface area (Å²) in [5, 5.41) is 0. The minimum absolute atomic E-state index is 0.888. The summed E-state index contributed by atoms with van der Waals surface area (Å²) in [6.45, 7) is 3.83. The van der Waals surface area contributed by atoms with Gasteiger partial charge in [-0.3, -0.25) is 0 Å². The van der Waals surface area contributed by atoms with Gasteiger partial charge in [-0.15, -0.1) is 12.8 Å². The largest absolute Gasteiger partial charge is 0.115 e. The standard InChI is InChI=1S/C27H24/c1-5-22(3)11-9-15-26(16-10-12-23(4)6-2)27-19-17-24-13-7-8-14-25(21-24)18-20-27/h1-2,7-20H,21H2,3-4H3/b15-9+,16-10+,19-17-,20-18-,22-11-,23-12-. The van der Waals surface area contributed by atoms with Gasteiger partial charge >= 0.3 is 0 Å². The smallest absolute Gasteiger partial charge is 0.00135 e. The highest BCUT2D eigenvalue weighted by Crippen LogP contribution is 2.23. The van der Waals surface area contributed by atoms with E-state index >= 15 is 0 Å². The molecule has 0 spiro atoms. The highest BCUT2D eigenvalue weighted by atomic mass is 14.1. The van der Waals surface area contributed by atoms with Crippen molar-refractivity contribution in [2.24, 2.45) is 0 Å². The fourth-order valence-electron chi connectivity index (χ4n) is 2.52. The maximum Gasteiger partial charge on any atom is -0.00135 e. The molecule has 27 heavy (non-hydrogen) atoms. The van der Waals surface area contributed by atoms with Gasteiger partial charge in [0.05, 0.1) is 0 Å². The van der Waals surface area contributed by atoms with E-state index in [0.717, 1.165) is 28.7 Å². The Bertz CT molecular complexity index is 880. The van der Waals surface area contributed by atoms with Gasteiger partial charge in [0.25, 0.3) is 0 Å². The molecule has 0 aromatic heterocycles. The second-order valence-electron chi connectivity index (χ2n) is 6.33. The Kier molecular flexibility index (Phi) is 7.71. The fourth-order valence-corrected chi connectivity index (χ4v) is 2.52. The average Bonchev–Trinajstić information content (AvgIpc) is 2.92. The normalized spacial score (nSPS) is 19.5. The first-order valence-corrected chi connectivity index (χ1v) is 8.92. The van der Waals surface area contributed by atoms with Crippen molar-refractivity contribution in [2.45, 2.75) is 20.3 Å². The molecule has 0 aromatic rings. The van der Waals surface area contributed by atoms with Crippen molar-refractivity contribution in [3.63, 3.8) is 0 Å². The maximum absolute atomic E-state index is 5.42. The van der Waals surface area contributed by atoms with Crippen molar-refractivity contribution in [3.05, 3.63) is 119 Å². The van der Waals surface area contributed by atoms with Gasteiger partial charge in [-0.1, -0.05) is 96.9 Å². The van der Waals surface area contributed by atoms with Crippen LogP contribution in [0.3, 0.4) is 0 Å². The molecule has 0 saturated heterocycles. The fraction of sp³-hybridized carbons (Fsp3) is 0.111. The van der Waals surface area contributed by atoms with Crippen LogP contribution in [0.2, 0.25) is 0 Å². The molecule has 2 bridgehead atoms. The molecule has 0 aliphatic heterocycles. The van der Waals surface area contributed by atoms with Gasteiger partial charge in [0, 0.05) is 0 Å². The molecule has 0 aromatic carbocycles. The first-order valence-electron chi connectivity index (χ1n) is 8.92. The van der Waals surface area contributed by atoms with Crippen LogP contribution in [0.25, 0.3) is 0 Å². The minimum atomic E-state index is 0.888. The van der Waals surface area contributed by atoms with Gasteiger partial charge < -0.3 is 0 Å². The summed E-state index contributed by atoms with van der Waals surface area (Å²) < 4.78 is 0. The Balaban J connectivity index is 2.48. The number of hydrogen-bond acceptors (Lipinski definition) is 0. The first kappa shape index (κ1) is 19.8. The van der Waals surface area contributed by atoms with Crippen LogP contribution in [-0.2, 0) is 0 Å². The zero-order chi connectivity index (χ0) is 19.5. The van der Waals surface area contributed by atoms with E-state index in [2.05, 4.69) is 72.6 Å². The molecule has 2 rings (SSSR count). The lowest BCUT2D eigenvalue weighted by molar-refractivity contribution is 1.20. The van der Waals surface area contributed by atoms with Crippen LogP contribution >= 0.6 is 0 Å². The minimum Gasteiger partial charge on any atom is -0.115 e. The van der Waals surface area contributed by atoms with Crippen molar-refractivity contribution in [3.8, 4) is 24.7 Å². The van der Waals surface area contributed by atoms with Gasteiger partial charge in [0.2, 0.25) is 0 Å². The van der Waals surface area contributed by atoms with E-state index in [4.69, 9.17) is 12.8 Å². The van der Waals surface area contributed by atoms with Crippen molar-refractivity contribution >= 4 is 0 Å². The predicted molar refractivity (Wildman–Crippen MR) is 119 cm³/mol. The van der Waals surface area contributed by atoms with Gasteiger partial charge in [-0.25, -0.2) is 0 Å². The van der Waals surface area contributed by atoms with Crippen LogP contribution in [0.15, 0.2) is 119 Å². The highest BCUT2D eigenvalue weighted by Gasteiger charge is 2.04. The Hall–Kier alpha value is -3.48. The van der Waals surface area contributed by atoms with Crippen LogP contribution < -0.4 is 0 Å². The summed E-state index contributed by atoms with van der Waals surface area (Å²) in [6, 6.07) is 0. The zero-order valence-electron chi connectivity index (χ0n) is 15.9. The molecule has 0 atom stereocenters. The monoisotopic (exact) mass is 348 g/mol. The molecular weight excluding hydrogens is 324 g/mol. The number of fused-ring (bicyclic) bond motifs is 2. The Morgan fingerprint density at radius 2 is 1.30 bits per heavy atom.